The van der Waals surface area contributed by atoms with Gasteiger partial charge in [-0.2, -0.15) is 11.8 Å². The number of rotatable bonds is 20. The molecule has 0 saturated heterocycles. The zero-order valence-corrected chi connectivity index (χ0v) is 25.0. The third-order valence-electron chi connectivity index (χ3n) is 7.34. The molecule has 220 valence electrons. The van der Waals surface area contributed by atoms with E-state index in [0.29, 0.717) is 25.9 Å². The van der Waals surface area contributed by atoms with Crippen LogP contribution in [0.15, 0.2) is 36.4 Å². The maximum atomic E-state index is 12.6. The average molecular weight is 563 g/mol. The van der Waals surface area contributed by atoms with Crippen molar-refractivity contribution in [3.05, 3.63) is 47.5 Å². The van der Waals surface area contributed by atoms with Crippen molar-refractivity contribution >= 4 is 23.5 Å². The minimum Gasteiger partial charge on any atom is -0.462 e. The average Bonchev–Trinajstić information content (AvgIpc) is 3.18. The van der Waals surface area contributed by atoms with Crippen LogP contribution in [0.2, 0.25) is 0 Å². The van der Waals surface area contributed by atoms with Crippen molar-refractivity contribution in [1.82, 2.24) is 0 Å². The highest BCUT2D eigenvalue weighted by atomic mass is 32.2. The predicted octanol–water partition coefficient (Wildman–Crippen LogP) is 6.05. The summed E-state index contributed by atoms with van der Waals surface area (Å²) in [5.41, 5.74) is 2.07. The van der Waals surface area contributed by atoms with Crippen LogP contribution in [0.5, 0.6) is 0 Å². The quantitative estimate of drug-likeness (QED) is 0.113. The molecule has 2 rings (SSSR count). The van der Waals surface area contributed by atoms with E-state index in [4.69, 9.17) is 9.47 Å². The lowest BCUT2D eigenvalue weighted by atomic mass is 9.91. The third kappa shape index (κ3) is 13.0. The predicted molar refractivity (Wildman–Crippen MR) is 159 cm³/mol. The Morgan fingerprint density at radius 3 is 2.54 bits per heavy atom. The third-order valence-corrected chi connectivity index (χ3v) is 8.44. The number of ketones is 1. The number of ether oxygens (including phenoxy) is 2. The molecule has 1 saturated carbocycles. The van der Waals surface area contributed by atoms with Gasteiger partial charge in [0, 0.05) is 38.2 Å². The lowest BCUT2D eigenvalue weighted by molar-refractivity contribution is -0.149. The normalized spacial score (nSPS) is 20.3. The Balaban J connectivity index is 1.73. The topological polar surface area (TPSA) is 93.1 Å². The Kier molecular flexibility index (Phi) is 16.7. The van der Waals surface area contributed by atoms with Crippen molar-refractivity contribution in [2.75, 3.05) is 18.6 Å². The number of aliphatic hydroxyl groups excluding tert-OH is 2. The molecule has 0 bridgehead atoms. The second kappa shape index (κ2) is 19.4. The highest BCUT2D eigenvalue weighted by Crippen LogP contribution is 2.34. The molecule has 1 fully saturated rings. The summed E-state index contributed by atoms with van der Waals surface area (Å²) in [7, 11) is 1.66. The number of unbranched alkanes of at least 4 members (excludes halogenated alkanes) is 2. The fourth-order valence-corrected chi connectivity index (χ4v) is 6.15. The van der Waals surface area contributed by atoms with Crippen LogP contribution in [0, 0.1) is 11.8 Å². The van der Waals surface area contributed by atoms with Gasteiger partial charge in [0.15, 0.2) is 0 Å². The maximum Gasteiger partial charge on any atom is 0.306 e. The van der Waals surface area contributed by atoms with Crippen molar-refractivity contribution in [2.45, 2.75) is 109 Å². The van der Waals surface area contributed by atoms with E-state index in [1.54, 1.807) is 24.9 Å². The van der Waals surface area contributed by atoms with E-state index < -0.39 is 12.2 Å². The molecular weight excluding hydrogens is 512 g/mol. The first kappa shape index (κ1) is 33.5. The molecule has 0 spiro atoms. The van der Waals surface area contributed by atoms with E-state index in [1.807, 2.05) is 30.3 Å². The number of carbonyl (C=O) groups is 2. The van der Waals surface area contributed by atoms with Crippen LogP contribution in [0.1, 0.15) is 89.2 Å². The lowest BCUT2D eigenvalue weighted by Crippen LogP contribution is -2.20. The molecule has 6 nitrogen and oxygen atoms in total. The molecule has 4 atom stereocenters. The van der Waals surface area contributed by atoms with Gasteiger partial charge in [0.25, 0.3) is 0 Å². The van der Waals surface area contributed by atoms with Crippen LogP contribution in [-0.4, -0.2) is 58.9 Å². The SMILES string of the molecule is CCCCC(CCCC)OC(=O)CCCSCC[C@H]1C(=O)C[C@@H](O)[C@H]1/C=C/[C@@H](O)Cc1cccc(COC)c1. The van der Waals surface area contributed by atoms with Gasteiger partial charge in [-0.15, -0.1) is 0 Å². The van der Waals surface area contributed by atoms with Crippen LogP contribution in [0.3, 0.4) is 0 Å². The van der Waals surface area contributed by atoms with Crippen LogP contribution < -0.4 is 0 Å². The van der Waals surface area contributed by atoms with Gasteiger partial charge in [-0.05, 0) is 48.3 Å². The van der Waals surface area contributed by atoms with E-state index in [-0.39, 0.29) is 36.1 Å². The lowest BCUT2D eigenvalue weighted by Gasteiger charge is -2.18. The number of hydrogen-bond acceptors (Lipinski definition) is 7. The number of methoxy groups -OCH3 is 1. The summed E-state index contributed by atoms with van der Waals surface area (Å²) in [4.78, 5) is 24.8. The highest BCUT2D eigenvalue weighted by molar-refractivity contribution is 7.99. The highest BCUT2D eigenvalue weighted by Gasteiger charge is 2.39. The second-order valence-electron chi connectivity index (χ2n) is 10.7. The van der Waals surface area contributed by atoms with E-state index in [1.165, 1.54) is 0 Å². The van der Waals surface area contributed by atoms with E-state index >= 15 is 0 Å². The molecule has 0 aromatic heterocycles. The van der Waals surface area contributed by atoms with E-state index in [0.717, 1.165) is 67.6 Å². The molecule has 1 aliphatic carbocycles. The van der Waals surface area contributed by atoms with Crippen LogP contribution in [-0.2, 0) is 32.1 Å². The minimum atomic E-state index is -0.705. The Hall–Kier alpha value is -1.67. The van der Waals surface area contributed by atoms with Crippen molar-refractivity contribution in [1.29, 1.82) is 0 Å². The van der Waals surface area contributed by atoms with Crippen molar-refractivity contribution < 1.29 is 29.3 Å². The largest absolute Gasteiger partial charge is 0.462 e. The molecule has 1 aromatic rings. The molecule has 1 aliphatic rings. The molecule has 0 unspecified atom stereocenters. The number of esters is 1. The van der Waals surface area contributed by atoms with Gasteiger partial charge in [0.1, 0.15) is 11.9 Å². The number of carbonyl (C=O) groups excluding carboxylic acids is 2. The molecule has 0 heterocycles. The summed E-state index contributed by atoms with van der Waals surface area (Å²) in [5.74, 6) is 1.13. The van der Waals surface area contributed by atoms with Crippen LogP contribution in [0.25, 0.3) is 0 Å². The monoisotopic (exact) mass is 562 g/mol. The first-order valence-corrected chi connectivity index (χ1v) is 15.9. The summed E-state index contributed by atoms with van der Waals surface area (Å²) >= 11 is 1.74. The fraction of sp³-hybridized carbons (Fsp3) is 0.688. The molecule has 1 aromatic carbocycles. The van der Waals surface area contributed by atoms with Gasteiger partial charge < -0.3 is 19.7 Å². The molecule has 0 amide bonds. The van der Waals surface area contributed by atoms with Gasteiger partial charge in [-0.1, -0.05) is 75.9 Å². The Morgan fingerprint density at radius 2 is 1.85 bits per heavy atom. The van der Waals surface area contributed by atoms with Crippen molar-refractivity contribution in [3.63, 3.8) is 0 Å². The zero-order valence-electron chi connectivity index (χ0n) is 24.2. The Bertz CT molecular complexity index is 864. The molecule has 39 heavy (non-hydrogen) atoms. The Labute approximate surface area is 239 Å². The number of Topliss-reactive ketones (excluding diaryl/α,β-unsaturated/α-hetero) is 1. The Morgan fingerprint density at radius 1 is 1.13 bits per heavy atom. The smallest absolute Gasteiger partial charge is 0.306 e. The summed E-state index contributed by atoms with van der Waals surface area (Å²) in [6.07, 6.45) is 11.0. The van der Waals surface area contributed by atoms with Gasteiger partial charge >= 0.3 is 5.97 Å². The number of benzene rings is 1. The standard InChI is InChI=1S/C32H50O6S/c1-4-6-12-27(13-7-5-2)38-32(36)14-9-18-39-19-17-29-28(30(34)22-31(29)35)16-15-26(33)21-24-10-8-11-25(20-24)23-37-3/h8,10-11,15-16,20,26-30,33-34H,4-7,9,12-14,17-19,21-23H2,1-3H3/b16-15+/t26-,28+,29-,30-/m1/s1. The molecule has 0 aliphatic heterocycles. The number of aliphatic hydroxyl groups is 2. The van der Waals surface area contributed by atoms with Gasteiger partial charge in [0.05, 0.1) is 18.8 Å². The first-order valence-electron chi connectivity index (χ1n) is 14.8. The second-order valence-corrected chi connectivity index (χ2v) is 12.0. The molecule has 7 heteroatoms. The molecular formula is C32H50O6S. The fourth-order valence-electron chi connectivity index (χ4n) is 5.17. The zero-order chi connectivity index (χ0) is 28.5. The van der Waals surface area contributed by atoms with Crippen molar-refractivity contribution in [3.8, 4) is 0 Å². The maximum absolute atomic E-state index is 12.6. The van der Waals surface area contributed by atoms with Crippen molar-refractivity contribution in [2.24, 2.45) is 11.8 Å². The van der Waals surface area contributed by atoms with Crippen LogP contribution in [0.4, 0.5) is 0 Å². The van der Waals surface area contributed by atoms with Gasteiger partial charge in [0.2, 0.25) is 0 Å². The molecule has 2 N–H and O–H groups in total. The summed E-state index contributed by atoms with van der Waals surface area (Å²) in [5, 5.41) is 21.0. The number of thioether (sulfide) groups is 1. The summed E-state index contributed by atoms with van der Waals surface area (Å²) in [6.45, 7) is 4.84. The van der Waals surface area contributed by atoms with Gasteiger partial charge in [-0.3, -0.25) is 9.59 Å². The summed E-state index contributed by atoms with van der Waals surface area (Å²) in [6, 6.07) is 7.93. The van der Waals surface area contributed by atoms with E-state index in [2.05, 4.69) is 13.8 Å². The van der Waals surface area contributed by atoms with Crippen LogP contribution >= 0.6 is 11.8 Å². The summed E-state index contributed by atoms with van der Waals surface area (Å²) < 4.78 is 10.9. The number of hydrogen-bond donors (Lipinski definition) is 2. The minimum absolute atomic E-state index is 0.0502. The van der Waals surface area contributed by atoms with Gasteiger partial charge in [-0.25, -0.2) is 0 Å². The van der Waals surface area contributed by atoms with E-state index in [9.17, 15) is 19.8 Å². The molecule has 0 radical (unpaired) electrons. The first-order chi connectivity index (χ1) is 18.9.